The van der Waals surface area contributed by atoms with Crippen molar-refractivity contribution in [3.8, 4) is 0 Å². The Morgan fingerprint density at radius 3 is 1.00 bits per heavy atom. The van der Waals surface area contributed by atoms with E-state index in [4.69, 9.17) is 8.32 Å². The van der Waals surface area contributed by atoms with Crippen LogP contribution < -0.4 is 0 Å². The van der Waals surface area contributed by atoms with Crippen molar-refractivity contribution in [2.75, 3.05) is 0 Å². The normalized spacial score (nSPS) is 11.1. The van der Waals surface area contributed by atoms with Crippen LogP contribution in [0.2, 0.25) is 0 Å². The van der Waals surface area contributed by atoms with Crippen molar-refractivity contribution >= 4 is 0 Å². The van der Waals surface area contributed by atoms with Gasteiger partial charge in [0.1, 0.15) is 0 Å². The van der Waals surface area contributed by atoms with Gasteiger partial charge in [0, 0.05) is 44.8 Å². The molecule has 11 heavy (non-hydrogen) atoms. The average molecular weight is 434 g/mol. The number of hydrogen-bond acceptors (Lipinski definition) is 5. The predicted octanol–water partition coefficient (Wildman–Crippen LogP) is -1.67. The molecule has 7 nitrogen and oxygen atoms in total. The Labute approximate surface area is 97.3 Å². The zero-order valence-corrected chi connectivity index (χ0v) is 9.87. The molecule has 0 aliphatic rings. The molecule has 11 heteroatoms. The van der Waals surface area contributed by atoms with Gasteiger partial charge in [-0.05, 0) is 0 Å². The summed E-state index contributed by atoms with van der Waals surface area (Å²) in [7, 11) is 0. The monoisotopic (exact) mass is 432 g/mol. The summed E-state index contributed by atoms with van der Waals surface area (Å²) in [5.74, 6) is 0. The van der Waals surface area contributed by atoms with Gasteiger partial charge >= 0.3 is 53.6 Å². The quantitative estimate of drug-likeness (QED) is 0.500. The fraction of sp³-hybridized carbons (Fsp3) is 0. The summed E-state index contributed by atoms with van der Waals surface area (Å²) in [5.41, 5.74) is 0. The molecule has 78 valence electrons. The van der Waals surface area contributed by atoms with E-state index >= 15 is 0 Å². The molecule has 0 heterocycles. The molecule has 0 unspecified atom stereocenters. The molecule has 0 rings (SSSR count). The predicted molar refractivity (Wildman–Crippen MR) is 8.27 cm³/mol. The van der Waals surface area contributed by atoms with Crippen molar-refractivity contribution in [2.45, 2.75) is 0 Å². The Balaban J connectivity index is -0.000000320. The van der Waals surface area contributed by atoms with Crippen molar-refractivity contribution in [3.63, 3.8) is 0 Å². The third-order valence-electron chi connectivity index (χ3n) is 0.172. The van der Waals surface area contributed by atoms with Crippen LogP contribution in [0.25, 0.3) is 0 Å². The van der Waals surface area contributed by atoms with Crippen LogP contribution in [0.15, 0.2) is 0 Å². The van der Waals surface area contributed by atoms with Crippen LogP contribution in [-0.2, 0) is 90.0 Å². The van der Waals surface area contributed by atoms with Crippen LogP contribution in [-0.4, -0.2) is 8.32 Å². The van der Waals surface area contributed by atoms with Crippen molar-refractivity contribution in [1.29, 1.82) is 0 Å². The molecular formula is H2Ag2Cr2O7. The van der Waals surface area contributed by atoms with E-state index in [9.17, 15) is 15.2 Å². The molecule has 0 aromatic rings. The third kappa shape index (κ3) is 18.5. The fourth-order valence-corrected chi connectivity index (χ4v) is 1.85. The van der Waals surface area contributed by atoms with E-state index < -0.39 is 27.2 Å². The van der Waals surface area contributed by atoms with Gasteiger partial charge in [0.2, 0.25) is 0 Å². The maximum atomic E-state index is 9.53. The molecule has 2 N–H and O–H groups in total. The summed E-state index contributed by atoms with van der Waals surface area (Å²) >= 11 is -11.5. The maximum absolute atomic E-state index is 9.53. The van der Waals surface area contributed by atoms with E-state index in [1.807, 2.05) is 0 Å². The molecule has 0 aliphatic heterocycles. The zero-order valence-electron chi connectivity index (χ0n) is 4.36. The number of hydrogen-bond donors (Lipinski definition) is 2. The first-order chi connectivity index (χ1) is 3.71. The first-order valence-electron chi connectivity index (χ1n) is 1.37. The van der Waals surface area contributed by atoms with Crippen molar-refractivity contribution in [2.24, 2.45) is 0 Å². The average Bonchev–Trinajstić information content (AvgIpc) is 1.14. The standard InChI is InChI=1S/2Ag.2Cr.2H2O.5O/h;;;;2*1H2;;;;;/q;;2*+1;;;;;;;/p-2. The Kier molecular flexibility index (Phi) is 10.3. The molecule has 0 bridgehead atoms. The molecule has 0 aliphatic carbocycles. The molecule has 0 saturated carbocycles. The van der Waals surface area contributed by atoms with Crippen LogP contribution in [0.4, 0.5) is 0 Å². The summed E-state index contributed by atoms with van der Waals surface area (Å²) in [4.78, 5) is 0. The first kappa shape index (κ1) is 18.4. The Morgan fingerprint density at radius 1 is 0.818 bits per heavy atom. The van der Waals surface area contributed by atoms with Gasteiger partial charge in [-0.25, -0.2) is 0 Å². The number of rotatable bonds is 2. The van der Waals surface area contributed by atoms with Gasteiger partial charge in [-0.3, -0.25) is 0 Å². The zero-order chi connectivity index (χ0) is 7.71. The molecule has 2 radical (unpaired) electrons. The summed E-state index contributed by atoms with van der Waals surface area (Å²) in [5, 5.41) is 0. The van der Waals surface area contributed by atoms with Crippen LogP contribution in [0, 0.1) is 0 Å². The fourth-order valence-electron chi connectivity index (χ4n) is 0.109. The van der Waals surface area contributed by atoms with E-state index in [2.05, 4.69) is 2.84 Å². The third-order valence-corrected chi connectivity index (χ3v) is 2.92. The van der Waals surface area contributed by atoms with Crippen LogP contribution in [0.5, 0.6) is 0 Å². The van der Waals surface area contributed by atoms with Gasteiger partial charge in [0.15, 0.2) is 0 Å². The van der Waals surface area contributed by atoms with Gasteiger partial charge in [-0.2, -0.15) is 0 Å². The van der Waals surface area contributed by atoms with E-state index in [1.165, 1.54) is 0 Å². The van der Waals surface area contributed by atoms with Gasteiger partial charge in [-0.15, -0.1) is 0 Å². The van der Waals surface area contributed by atoms with E-state index in [0.29, 0.717) is 0 Å². The van der Waals surface area contributed by atoms with Gasteiger partial charge in [0.25, 0.3) is 0 Å². The van der Waals surface area contributed by atoms with E-state index in [0.717, 1.165) is 0 Å². The molecule has 0 aromatic heterocycles. The van der Waals surface area contributed by atoms with Crippen LogP contribution in [0.3, 0.4) is 0 Å². The summed E-state index contributed by atoms with van der Waals surface area (Å²) < 4.78 is 56.3. The Bertz CT molecular complexity index is 240. The van der Waals surface area contributed by atoms with Crippen LogP contribution in [0.1, 0.15) is 0 Å². The Hall–Kier alpha value is 1.63. The topological polar surface area (TPSA) is 118 Å². The second-order valence-corrected chi connectivity index (χ2v) is 4.68. The molecule has 0 fully saturated rings. The molecule has 0 amide bonds. The van der Waals surface area contributed by atoms with Gasteiger partial charge < -0.3 is 0 Å². The van der Waals surface area contributed by atoms with Crippen molar-refractivity contribution in [1.82, 2.24) is 0 Å². The molecule has 0 aromatic carbocycles. The molecule has 0 saturated heterocycles. The Morgan fingerprint density at radius 2 is 1.00 bits per heavy atom. The summed E-state index contributed by atoms with van der Waals surface area (Å²) in [6, 6.07) is 0. The first-order valence-corrected chi connectivity index (χ1v) is 5.63. The second-order valence-electron chi connectivity index (χ2n) is 0.924. The van der Waals surface area contributed by atoms with Crippen molar-refractivity contribution < 1.29 is 98.4 Å². The van der Waals surface area contributed by atoms with E-state index in [-0.39, 0.29) is 44.8 Å². The van der Waals surface area contributed by atoms with Crippen molar-refractivity contribution in [3.05, 3.63) is 0 Å². The SMILES string of the molecule is [Ag].[Ag].[O]=[Cr](=[O])([OH])[O][Cr](=[O])(=[O])[OH]. The van der Waals surface area contributed by atoms with Gasteiger partial charge in [0.05, 0.1) is 0 Å². The molecule has 0 atom stereocenters. The minimum atomic E-state index is -5.76. The van der Waals surface area contributed by atoms with E-state index in [1.54, 1.807) is 0 Å². The second kappa shape index (κ2) is 6.14. The van der Waals surface area contributed by atoms with Crippen LogP contribution >= 0.6 is 0 Å². The summed E-state index contributed by atoms with van der Waals surface area (Å²) in [6.45, 7) is 0. The van der Waals surface area contributed by atoms with Gasteiger partial charge in [-0.1, -0.05) is 0 Å². The molecule has 0 spiro atoms. The molecular weight excluding hydrogens is 432 g/mol. The minimum absolute atomic E-state index is 0. The summed E-state index contributed by atoms with van der Waals surface area (Å²) in [6.07, 6.45) is 0.